The molecule has 3 unspecified atom stereocenters. The van der Waals surface area contributed by atoms with Crippen LogP contribution in [0.25, 0.3) is 11.1 Å². The van der Waals surface area contributed by atoms with E-state index in [4.69, 9.17) is 29.5 Å². The number of rotatable bonds is 28. The van der Waals surface area contributed by atoms with E-state index in [9.17, 15) is 43.2 Å². The van der Waals surface area contributed by atoms with Gasteiger partial charge in [-0.15, -0.1) is 0 Å². The van der Waals surface area contributed by atoms with Crippen LogP contribution in [-0.2, 0) is 51.4 Å². The number of hydroxylamine groups is 1. The average Bonchev–Trinajstić information content (AvgIpc) is 2.06. The molecule has 458 valence electrons. The van der Waals surface area contributed by atoms with Crippen LogP contribution in [-0.4, -0.2) is 118 Å². The van der Waals surface area contributed by atoms with Gasteiger partial charge < -0.3 is 61.5 Å². The second-order valence-corrected chi connectivity index (χ2v) is 22.0. The fourth-order valence-electron chi connectivity index (χ4n) is 11.0. The van der Waals surface area contributed by atoms with E-state index in [-0.39, 0.29) is 98.4 Å². The van der Waals surface area contributed by atoms with E-state index < -0.39 is 47.8 Å². The Kier molecular flexibility index (Phi) is 25.4. The lowest BCUT2D eigenvalue weighted by atomic mass is 9.94. The van der Waals surface area contributed by atoms with Crippen molar-refractivity contribution < 1.29 is 62.1 Å². The number of urea groups is 1. The van der Waals surface area contributed by atoms with Gasteiger partial charge in [0, 0.05) is 68.5 Å². The first-order valence-electron chi connectivity index (χ1n) is 29.3. The predicted octanol–water partition coefficient (Wildman–Crippen LogP) is 5.53. The first kappa shape index (κ1) is 65.2. The van der Waals surface area contributed by atoms with Crippen molar-refractivity contribution in [1.82, 2.24) is 37.0 Å². The number of hydrogen-bond acceptors (Lipinski definition) is 14. The molecule has 6 rings (SSSR count). The number of likely N-dealkylation sites (tertiary alicyclic amines) is 1. The van der Waals surface area contributed by atoms with Crippen molar-refractivity contribution in [2.45, 2.75) is 160 Å². The largest absolute Gasteiger partial charge is 0.493 e. The van der Waals surface area contributed by atoms with Gasteiger partial charge in [0.25, 0.3) is 0 Å². The molecule has 9 amide bonds. The van der Waals surface area contributed by atoms with E-state index in [0.717, 1.165) is 31.2 Å². The zero-order chi connectivity index (χ0) is 60.7. The minimum atomic E-state index is -1.09. The topological polar surface area (TPSA) is 313 Å². The molecule has 1 heterocycles. The van der Waals surface area contributed by atoms with Gasteiger partial charge in [0.15, 0.2) is 17.2 Å². The standard InChI is InChI=1S/C61H85N9O14/c1-37(2)55(68-51(73)27-28-53(75)70-32-29-39(30-33-70)58(76)64-41-14-9-7-8-10-15-41)60(78)67-46(16-13-31-63-61(62)79)59(77)65-42-22-19-38(20-23-42)36-84-69-52(74)18-12-11-17-50(72)66-45-25-21-40-34-49(81-4)56(82-5)57(83-6)54(40)43-24-26-48(80-3)47(71)35-44(43)45/h19-20,22-24,26,34-35,37,39,41,45-46,55H,7-18,21,25,27-33,36H2,1-6H3,(H,64,76)(H,65,77)(H,66,72)(H,67,78)(H,68,73)(H,69,74)(H3,62,63,79). The summed E-state index contributed by atoms with van der Waals surface area (Å²) in [6, 6.07) is 10.2. The number of hydrogen-bond donors (Lipinski definition) is 8. The molecule has 3 aliphatic rings. The number of nitrogens with zero attached hydrogens (tertiary/aromatic N) is 1. The van der Waals surface area contributed by atoms with Gasteiger partial charge in [0.05, 0.1) is 41.1 Å². The Labute approximate surface area is 491 Å². The number of nitrogens with one attached hydrogen (secondary N) is 7. The van der Waals surface area contributed by atoms with Gasteiger partial charge >= 0.3 is 6.03 Å². The second-order valence-electron chi connectivity index (χ2n) is 22.0. The molecule has 1 saturated heterocycles. The highest BCUT2D eigenvalue weighted by Gasteiger charge is 2.33. The van der Waals surface area contributed by atoms with Crippen LogP contribution < -0.4 is 67.5 Å². The molecule has 3 aromatic rings. The summed E-state index contributed by atoms with van der Waals surface area (Å²) in [4.78, 5) is 125. The lowest BCUT2D eigenvalue weighted by Gasteiger charge is -2.32. The first-order chi connectivity index (χ1) is 40.4. The number of ether oxygens (including phenoxy) is 4. The van der Waals surface area contributed by atoms with Gasteiger partial charge in [0.2, 0.25) is 52.5 Å². The molecule has 23 nitrogen and oxygen atoms in total. The number of piperidine rings is 1. The van der Waals surface area contributed by atoms with Crippen LogP contribution in [0.1, 0.15) is 146 Å². The minimum absolute atomic E-state index is 0.00363. The minimum Gasteiger partial charge on any atom is -0.493 e. The fraction of sp³-hybridized carbons (Fsp3) is 0.557. The zero-order valence-corrected chi connectivity index (χ0v) is 49.4. The number of nitrogens with two attached hydrogens (primary N) is 1. The van der Waals surface area contributed by atoms with Gasteiger partial charge in [-0.2, -0.15) is 0 Å². The number of fused-ring (bicyclic) bond motifs is 3. The summed E-state index contributed by atoms with van der Waals surface area (Å²) in [7, 11) is 6.00. The van der Waals surface area contributed by atoms with Crippen LogP contribution in [0.15, 0.2) is 53.3 Å². The first-order valence-corrected chi connectivity index (χ1v) is 29.3. The number of anilines is 1. The molecule has 1 saturated carbocycles. The summed E-state index contributed by atoms with van der Waals surface area (Å²) in [5.41, 5.74) is 11.2. The van der Waals surface area contributed by atoms with Crippen LogP contribution in [0.4, 0.5) is 10.5 Å². The van der Waals surface area contributed by atoms with E-state index >= 15 is 0 Å². The van der Waals surface area contributed by atoms with Crippen molar-refractivity contribution in [3.8, 4) is 34.1 Å². The summed E-state index contributed by atoms with van der Waals surface area (Å²) < 4.78 is 22.5. The molecule has 84 heavy (non-hydrogen) atoms. The third-order valence-corrected chi connectivity index (χ3v) is 15.6. The molecule has 9 N–H and O–H groups in total. The summed E-state index contributed by atoms with van der Waals surface area (Å²) in [6.45, 7) is 4.49. The number of primary amides is 1. The highest BCUT2D eigenvalue weighted by Crippen LogP contribution is 2.50. The number of benzene rings is 2. The third-order valence-electron chi connectivity index (χ3n) is 15.6. The molecule has 2 fully saturated rings. The normalized spacial score (nSPS) is 15.9. The van der Waals surface area contributed by atoms with Crippen molar-refractivity contribution in [1.29, 1.82) is 0 Å². The molecular formula is C61H85N9O14. The van der Waals surface area contributed by atoms with E-state index in [2.05, 4.69) is 37.4 Å². The van der Waals surface area contributed by atoms with E-state index in [1.165, 1.54) is 47.3 Å². The van der Waals surface area contributed by atoms with Crippen molar-refractivity contribution in [3.63, 3.8) is 0 Å². The number of unbranched alkanes of at least 4 members (excludes halogenated alkanes) is 1. The Morgan fingerprint density at radius 2 is 1.36 bits per heavy atom. The fourth-order valence-corrected chi connectivity index (χ4v) is 11.0. The summed E-state index contributed by atoms with van der Waals surface area (Å²) >= 11 is 0. The third kappa shape index (κ3) is 19.0. The van der Waals surface area contributed by atoms with Crippen LogP contribution in [0.2, 0.25) is 0 Å². The number of carbonyl (C=O) groups is 8. The Morgan fingerprint density at radius 1 is 0.679 bits per heavy atom. The Hall–Kier alpha value is -7.95. The highest BCUT2D eigenvalue weighted by atomic mass is 16.6. The smallest absolute Gasteiger partial charge is 0.312 e. The van der Waals surface area contributed by atoms with Crippen molar-refractivity contribution in [2.75, 3.05) is 53.4 Å². The number of carbonyl (C=O) groups excluding carboxylic acids is 8. The summed E-state index contributed by atoms with van der Waals surface area (Å²) in [5, 5.41) is 17.1. The monoisotopic (exact) mass is 1170 g/mol. The SMILES string of the molecule is COc1cc2c(c(OC)c1OC)-c1ccc(OC)c(=O)cc1C(NC(=O)CCCCC(=O)NOCc1ccc(NC(=O)C(CCCNC(N)=O)NC(=O)C(NC(=O)CCC(=O)N3CCC(C(=O)NC4CCCCCC4)CC3)C(C)C)cc1)CC2. The molecule has 0 aromatic heterocycles. The highest BCUT2D eigenvalue weighted by molar-refractivity contribution is 5.98. The molecule has 0 bridgehead atoms. The maximum Gasteiger partial charge on any atom is 0.312 e. The lowest BCUT2D eigenvalue weighted by Crippen LogP contribution is -2.54. The van der Waals surface area contributed by atoms with Gasteiger partial charge in [-0.1, -0.05) is 57.7 Å². The molecule has 23 heteroatoms. The maximum atomic E-state index is 13.8. The quantitative estimate of drug-likeness (QED) is 0.0252. The van der Waals surface area contributed by atoms with E-state index in [0.29, 0.717) is 96.8 Å². The number of amides is 9. The molecule has 2 aliphatic carbocycles. The van der Waals surface area contributed by atoms with E-state index in [1.54, 1.807) is 55.1 Å². The van der Waals surface area contributed by atoms with Crippen molar-refractivity contribution in [3.05, 3.63) is 75.4 Å². The van der Waals surface area contributed by atoms with Crippen LogP contribution in [0, 0.1) is 11.8 Å². The molecule has 0 radical (unpaired) electrons. The lowest BCUT2D eigenvalue weighted by molar-refractivity contribution is -0.137. The van der Waals surface area contributed by atoms with Gasteiger partial charge in [-0.3, -0.25) is 43.2 Å². The summed E-state index contributed by atoms with van der Waals surface area (Å²) in [5.74, 6) is -1.54. The van der Waals surface area contributed by atoms with Crippen molar-refractivity contribution >= 4 is 53.1 Å². The zero-order valence-electron chi connectivity index (χ0n) is 49.4. The second kappa shape index (κ2) is 32.8. The molecule has 3 aromatic carbocycles. The van der Waals surface area contributed by atoms with Crippen LogP contribution in [0.3, 0.4) is 0 Å². The Morgan fingerprint density at radius 3 is 2.00 bits per heavy atom. The molecule has 0 spiro atoms. The average molecular weight is 1170 g/mol. The predicted molar refractivity (Wildman–Crippen MR) is 314 cm³/mol. The van der Waals surface area contributed by atoms with Gasteiger partial charge in [-0.05, 0) is 123 Å². The van der Waals surface area contributed by atoms with Crippen LogP contribution >= 0.6 is 0 Å². The number of aryl methyl sites for hydroxylation is 1. The molecule has 3 atom stereocenters. The van der Waals surface area contributed by atoms with Gasteiger partial charge in [0.1, 0.15) is 12.1 Å². The Bertz CT molecular complexity index is 2830. The maximum absolute atomic E-state index is 13.8. The van der Waals surface area contributed by atoms with Crippen LogP contribution in [0.5, 0.6) is 23.0 Å². The number of methoxy groups -OCH3 is 4. The van der Waals surface area contributed by atoms with Gasteiger partial charge in [-0.25, -0.2) is 10.3 Å². The summed E-state index contributed by atoms with van der Waals surface area (Å²) in [6.07, 6.45) is 9.92. The molecule has 1 aliphatic heterocycles. The van der Waals surface area contributed by atoms with Crippen molar-refractivity contribution in [2.24, 2.45) is 17.6 Å². The van der Waals surface area contributed by atoms with E-state index in [1.807, 2.05) is 6.07 Å². The molecular weight excluding hydrogens is 1080 g/mol. The Balaban J connectivity index is 0.930.